The third-order valence-electron chi connectivity index (χ3n) is 4.92. The molecule has 0 radical (unpaired) electrons. The second-order valence-electron chi connectivity index (χ2n) is 7.08. The van der Waals surface area contributed by atoms with Gasteiger partial charge in [0.2, 0.25) is 11.8 Å². The zero-order valence-electron chi connectivity index (χ0n) is 17.8. The van der Waals surface area contributed by atoms with Crippen LogP contribution in [0.1, 0.15) is 23.5 Å². The van der Waals surface area contributed by atoms with Crippen molar-refractivity contribution in [3.05, 3.63) is 63.9 Å². The summed E-state index contributed by atoms with van der Waals surface area (Å²) < 4.78 is 23.8. The molecule has 2 aromatic rings. The summed E-state index contributed by atoms with van der Waals surface area (Å²) in [6, 6.07) is 11.2. The van der Waals surface area contributed by atoms with Crippen molar-refractivity contribution in [1.82, 2.24) is 5.32 Å². The average Bonchev–Trinajstić information content (AvgIpc) is 2.78. The van der Waals surface area contributed by atoms with Crippen molar-refractivity contribution >= 4 is 29.3 Å². The van der Waals surface area contributed by atoms with Crippen LogP contribution < -0.4 is 20.1 Å². The van der Waals surface area contributed by atoms with Crippen LogP contribution in [0.4, 0.5) is 10.1 Å². The number of carbonyl (C=O) groups is 2. The molecule has 9 heteroatoms. The first kappa shape index (κ1) is 23.2. The fourth-order valence-corrected chi connectivity index (χ4v) is 4.35. The zero-order valence-corrected chi connectivity index (χ0v) is 18.6. The van der Waals surface area contributed by atoms with Crippen LogP contribution in [0.5, 0.6) is 11.5 Å². The quantitative estimate of drug-likeness (QED) is 0.658. The number of hydrogen-bond donors (Lipinski definition) is 2. The highest BCUT2D eigenvalue weighted by molar-refractivity contribution is 8.03. The van der Waals surface area contributed by atoms with Crippen LogP contribution in [0.25, 0.3) is 0 Å². The van der Waals surface area contributed by atoms with Crippen LogP contribution in [0.2, 0.25) is 0 Å². The Hall–Kier alpha value is -3.51. The molecule has 2 aromatic carbocycles. The molecule has 1 aliphatic rings. The van der Waals surface area contributed by atoms with Crippen molar-refractivity contribution in [1.29, 1.82) is 5.26 Å². The number of nitrogens with zero attached hydrogens (tertiary/aromatic N) is 1. The minimum absolute atomic E-state index is 0.0319. The van der Waals surface area contributed by atoms with Crippen molar-refractivity contribution in [2.75, 3.05) is 25.3 Å². The molecular formula is C23H22FN3O4S. The number of aryl methyl sites for hydroxylation is 1. The molecule has 0 bridgehead atoms. The number of thioether (sulfide) groups is 1. The van der Waals surface area contributed by atoms with Crippen molar-refractivity contribution in [3.8, 4) is 17.6 Å². The minimum Gasteiger partial charge on any atom is -0.493 e. The lowest BCUT2D eigenvalue weighted by Crippen LogP contribution is -2.31. The standard InChI is InChI=1S/C23H22FN3O4S/c1-13-8-14(9-19(30-2)22(13)31-3)17-10-20(28)27-23(18(17)11-25)32-12-21(29)26-16-6-4-15(24)5-7-16/h4-9,17H,10,12H2,1-3H3,(H,26,29)(H,27,28). The first-order valence-corrected chi connectivity index (χ1v) is 10.7. The Balaban J connectivity index is 1.83. The van der Waals surface area contributed by atoms with Gasteiger partial charge in [0.1, 0.15) is 5.82 Å². The van der Waals surface area contributed by atoms with Crippen molar-refractivity contribution < 1.29 is 23.5 Å². The summed E-state index contributed by atoms with van der Waals surface area (Å²) in [5.41, 5.74) is 2.40. The summed E-state index contributed by atoms with van der Waals surface area (Å²) in [5.74, 6) is -0.398. The Labute approximate surface area is 189 Å². The van der Waals surface area contributed by atoms with E-state index in [-0.39, 0.29) is 24.0 Å². The Morgan fingerprint density at radius 1 is 1.28 bits per heavy atom. The van der Waals surface area contributed by atoms with Gasteiger partial charge in [-0.25, -0.2) is 4.39 Å². The topological polar surface area (TPSA) is 100 Å². The summed E-state index contributed by atoms with van der Waals surface area (Å²) in [7, 11) is 3.07. The predicted molar refractivity (Wildman–Crippen MR) is 120 cm³/mol. The third-order valence-corrected chi connectivity index (χ3v) is 5.94. The lowest BCUT2D eigenvalue weighted by atomic mass is 9.86. The lowest BCUT2D eigenvalue weighted by Gasteiger charge is -2.26. The molecule has 32 heavy (non-hydrogen) atoms. The number of carbonyl (C=O) groups excluding carboxylic acids is 2. The monoisotopic (exact) mass is 455 g/mol. The largest absolute Gasteiger partial charge is 0.493 e. The minimum atomic E-state index is -0.477. The molecule has 0 saturated carbocycles. The summed E-state index contributed by atoms with van der Waals surface area (Å²) in [4.78, 5) is 24.7. The van der Waals surface area contributed by atoms with E-state index in [4.69, 9.17) is 9.47 Å². The van der Waals surface area contributed by atoms with Crippen LogP contribution in [-0.4, -0.2) is 31.8 Å². The van der Waals surface area contributed by atoms with E-state index >= 15 is 0 Å². The average molecular weight is 456 g/mol. The van der Waals surface area contributed by atoms with E-state index in [0.29, 0.717) is 27.8 Å². The predicted octanol–water partition coefficient (Wildman–Crippen LogP) is 3.86. The van der Waals surface area contributed by atoms with E-state index in [2.05, 4.69) is 16.7 Å². The van der Waals surface area contributed by atoms with E-state index < -0.39 is 11.7 Å². The van der Waals surface area contributed by atoms with Gasteiger partial charge in [0.25, 0.3) is 0 Å². The Morgan fingerprint density at radius 3 is 2.62 bits per heavy atom. The molecule has 7 nitrogen and oxygen atoms in total. The normalized spacial score (nSPS) is 15.6. The van der Waals surface area contributed by atoms with Gasteiger partial charge in [-0.05, 0) is 48.4 Å². The lowest BCUT2D eigenvalue weighted by molar-refractivity contribution is -0.121. The van der Waals surface area contributed by atoms with Gasteiger partial charge in [-0.15, -0.1) is 0 Å². The second-order valence-corrected chi connectivity index (χ2v) is 8.06. The van der Waals surface area contributed by atoms with Gasteiger partial charge in [-0.2, -0.15) is 5.26 Å². The molecule has 1 unspecified atom stereocenters. The molecule has 166 valence electrons. The fourth-order valence-electron chi connectivity index (χ4n) is 3.47. The van der Waals surface area contributed by atoms with Gasteiger partial charge >= 0.3 is 0 Å². The van der Waals surface area contributed by atoms with Crippen LogP contribution in [0.3, 0.4) is 0 Å². The van der Waals surface area contributed by atoms with Crippen LogP contribution in [0, 0.1) is 24.1 Å². The van der Waals surface area contributed by atoms with Crippen LogP contribution in [-0.2, 0) is 9.59 Å². The summed E-state index contributed by atoms with van der Waals surface area (Å²) >= 11 is 1.07. The Morgan fingerprint density at radius 2 is 2.00 bits per heavy atom. The molecule has 1 aliphatic heterocycles. The third kappa shape index (κ3) is 5.21. The van der Waals surface area contributed by atoms with E-state index in [1.165, 1.54) is 31.4 Å². The second kappa shape index (κ2) is 10.2. The van der Waals surface area contributed by atoms with Crippen LogP contribution >= 0.6 is 11.8 Å². The molecule has 2 amide bonds. The highest BCUT2D eigenvalue weighted by Crippen LogP contribution is 2.40. The number of nitrogens with one attached hydrogen (secondary N) is 2. The number of hydrogen-bond acceptors (Lipinski definition) is 6. The summed E-state index contributed by atoms with van der Waals surface area (Å²) in [6.07, 6.45) is 0.101. The fraction of sp³-hybridized carbons (Fsp3) is 0.261. The maximum absolute atomic E-state index is 13.0. The zero-order chi connectivity index (χ0) is 23.3. The molecule has 0 saturated heterocycles. The van der Waals surface area contributed by atoms with Crippen molar-refractivity contribution in [2.24, 2.45) is 0 Å². The van der Waals surface area contributed by atoms with Crippen LogP contribution in [0.15, 0.2) is 47.0 Å². The van der Waals surface area contributed by atoms with Gasteiger partial charge < -0.3 is 20.1 Å². The first-order valence-electron chi connectivity index (χ1n) is 9.71. The molecule has 1 atom stereocenters. The molecule has 0 aliphatic carbocycles. The van der Waals surface area contributed by atoms with Gasteiger partial charge in [0.05, 0.1) is 36.6 Å². The molecule has 1 heterocycles. The molecule has 0 aromatic heterocycles. The number of nitriles is 1. The molecule has 2 N–H and O–H groups in total. The smallest absolute Gasteiger partial charge is 0.234 e. The number of ether oxygens (including phenoxy) is 2. The van der Waals surface area contributed by atoms with E-state index in [1.54, 1.807) is 13.2 Å². The van der Waals surface area contributed by atoms with Gasteiger partial charge in [0.15, 0.2) is 11.5 Å². The molecule has 3 rings (SSSR count). The van der Waals surface area contributed by atoms with Crippen molar-refractivity contribution in [3.63, 3.8) is 0 Å². The molecular weight excluding hydrogens is 433 g/mol. The van der Waals surface area contributed by atoms with Gasteiger partial charge in [0, 0.05) is 18.0 Å². The van der Waals surface area contributed by atoms with Gasteiger partial charge in [-0.1, -0.05) is 17.8 Å². The number of rotatable bonds is 7. The number of anilines is 1. The molecule has 0 fully saturated rings. The highest BCUT2D eigenvalue weighted by Gasteiger charge is 2.31. The first-order chi connectivity index (χ1) is 15.4. The number of methoxy groups -OCH3 is 2. The Bertz CT molecular complexity index is 1110. The van der Waals surface area contributed by atoms with Gasteiger partial charge in [-0.3, -0.25) is 9.59 Å². The maximum atomic E-state index is 13.0. The number of benzene rings is 2. The van der Waals surface area contributed by atoms with E-state index in [9.17, 15) is 19.2 Å². The summed E-state index contributed by atoms with van der Waals surface area (Å²) in [5, 5.41) is 15.5. The molecule has 0 spiro atoms. The van der Waals surface area contributed by atoms with E-state index in [1.807, 2.05) is 13.0 Å². The SMILES string of the molecule is COc1cc(C2CC(=O)NC(SCC(=O)Nc3ccc(F)cc3)=C2C#N)cc(C)c1OC. The number of halogens is 1. The maximum Gasteiger partial charge on any atom is 0.234 e. The highest BCUT2D eigenvalue weighted by atomic mass is 32.2. The number of allylic oxidation sites excluding steroid dienone is 1. The number of amides is 2. The Kier molecular flexibility index (Phi) is 7.38. The van der Waals surface area contributed by atoms with Crippen molar-refractivity contribution in [2.45, 2.75) is 19.3 Å². The summed E-state index contributed by atoms with van der Waals surface area (Å²) in [6.45, 7) is 1.86. The van der Waals surface area contributed by atoms with E-state index in [0.717, 1.165) is 22.9 Å².